The molecular formula is C13H18FNO. The van der Waals surface area contributed by atoms with Crippen LogP contribution in [0.4, 0.5) is 4.39 Å². The molecule has 3 heteroatoms. The van der Waals surface area contributed by atoms with Gasteiger partial charge in [-0.15, -0.1) is 0 Å². The van der Waals surface area contributed by atoms with Crippen molar-refractivity contribution in [2.45, 2.75) is 33.2 Å². The fourth-order valence-corrected chi connectivity index (χ4v) is 1.39. The lowest BCUT2D eigenvalue weighted by Gasteiger charge is -2.19. The summed E-state index contributed by atoms with van der Waals surface area (Å²) in [5, 5.41) is 2.90. The van der Waals surface area contributed by atoms with Gasteiger partial charge >= 0.3 is 0 Å². The van der Waals surface area contributed by atoms with Crippen LogP contribution in [-0.4, -0.2) is 11.9 Å². The summed E-state index contributed by atoms with van der Waals surface area (Å²) in [6, 6.07) is 5.70. The van der Waals surface area contributed by atoms with Crippen LogP contribution in [0.15, 0.2) is 24.3 Å². The van der Waals surface area contributed by atoms with E-state index in [0.717, 1.165) is 6.42 Å². The highest BCUT2D eigenvalue weighted by atomic mass is 19.1. The van der Waals surface area contributed by atoms with Gasteiger partial charge in [-0.1, -0.05) is 20.3 Å². The highest BCUT2D eigenvalue weighted by Crippen LogP contribution is 2.08. The van der Waals surface area contributed by atoms with Gasteiger partial charge < -0.3 is 5.32 Å². The third kappa shape index (κ3) is 3.33. The summed E-state index contributed by atoms with van der Waals surface area (Å²) in [6.07, 6.45) is 1.02. The summed E-state index contributed by atoms with van der Waals surface area (Å²) in [4.78, 5) is 11.8. The van der Waals surface area contributed by atoms with Crippen molar-refractivity contribution in [1.82, 2.24) is 5.32 Å². The third-order valence-corrected chi connectivity index (χ3v) is 2.96. The Balaban J connectivity index is 2.62. The molecule has 1 N–H and O–H groups in total. The molecule has 16 heavy (non-hydrogen) atoms. The highest BCUT2D eigenvalue weighted by molar-refractivity contribution is 5.94. The molecule has 0 aromatic heterocycles. The second-order valence-electron chi connectivity index (χ2n) is 4.15. The van der Waals surface area contributed by atoms with E-state index in [4.69, 9.17) is 0 Å². The van der Waals surface area contributed by atoms with Gasteiger partial charge in [-0.2, -0.15) is 0 Å². The number of carbonyl (C=O) groups excluding carboxylic acids is 1. The molecule has 0 saturated heterocycles. The molecule has 2 nitrogen and oxygen atoms in total. The smallest absolute Gasteiger partial charge is 0.251 e. The molecule has 2 unspecified atom stereocenters. The summed E-state index contributed by atoms with van der Waals surface area (Å²) in [5.74, 6) is -0.0382. The van der Waals surface area contributed by atoms with Crippen molar-refractivity contribution in [3.63, 3.8) is 0 Å². The topological polar surface area (TPSA) is 29.1 Å². The molecule has 1 aromatic carbocycles. The average Bonchev–Trinajstić information content (AvgIpc) is 2.28. The SMILES string of the molecule is CCC(C)C(C)NC(=O)c1ccc(F)cc1. The number of hydrogen-bond donors (Lipinski definition) is 1. The quantitative estimate of drug-likeness (QED) is 0.835. The van der Waals surface area contributed by atoms with Crippen molar-refractivity contribution in [3.8, 4) is 0 Å². The third-order valence-electron chi connectivity index (χ3n) is 2.96. The van der Waals surface area contributed by atoms with E-state index in [1.54, 1.807) is 0 Å². The first-order valence-corrected chi connectivity index (χ1v) is 5.61. The number of rotatable bonds is 4. The summed E-state index contributed by atoms with van der Waals surface area (Å²) in [5.41, 5.74) is 0.497. The van der Waals surface area contributed by atoms with E-state index >= 15 is 0 Å². The van der Waals surface area contributed by atoms with Crippen LogP contribution in [0.25, 0.3) is 0 Å². The Labute approximate surface area is 95.9 Å². The number of benzene rings is 1. The minimum Gasteiger partial charge on any atom is -0.349 e. The van der Waals surface area contributed by atoms with Gasteiger partial charge in [0.25, 0.3) is 5.91 Å². The van der Waals surface area contributed by atoms with Crippen molar-refractivity contribution in [3.05, 3.63) is 35.6 Å². The summed E-state index contributed by atoms with van der Waals surface area (Å²) >= 11 is 0. The Morgan fingerprint density at radius 2 is 1.88 bits per heavy atom. The predicted molar refractivity (Wildman–Crippen MR) is 62.8 cm³/mol. The normalized spacial score (nSPS) is 14.2. The van der Waals surface area contributed by atoms with E-state index in [1.165, 1.54) is 24.3 Å². The standard InChI is InChI=1S/C13H18FNO/c1-4-9(2)10(3)15-13(16)11-5-7-12(14)8-6-11/h5-10H,4H2,1-3H3,(H,15,16). The monoisotopic (exact) mass is 223 g/mol. The second kappa shape index (κ2) is 5.64. The van der Waals surface area contributed by atoms with Crippen molar-refractivity contribution in [2.75, 3.05) is 0 Å². The molecule has 0 fully saturated rings. The number of hydrogen-bond acceptors (Lipinski definition) is 1. The molecule has 88 valence electrons. The van der Waals surface area contributed by atoms with Gasteiger partial charge in [-0.05, 0) is 37.1 Å². The molecule has 0 bridgehead atoms. The number of halogens is 1. The van der Waals surface area contributed by atoms with Crippen LogP contribution in [0.2, 0.25) is 0 Å². The number of amides is 1. The molecule has 0 aliphatic heterocycles. The first kappa shape index (κ1) is 12.7. The van der Waals surface area contributed by atoms with Crippen LogP contribution in [0.3, 0.4) is 0 Å². The highest BCUT2D eigenvalue weighted by Gasteiger charge is 2.14. The minimum atomic E-state index is -0.327. The maximum absolute atomic E-state index is 12.7. The average molecular weight is 223 g/mol. The van der Waals surface area contributed by atoms with Crippen LogP contribution in [-0.2, 0) is 0 Å². The molecule has 0 radical (unpaired) electrons. The van der Waals surface area contributed by atoms with Gasteiger partial charge in [0.2, 0.25) is 0 Å². The zero-order chi connectivity index (χ0) is 12.1. The van der Waals surface area contributed by atoms with E-state index in [1.807, 2.05) is 6.92 Å². The van der Waals surface area contributed by atoms with Crippen molar-refractivity contribution in [2.24, 2.45) is 5.92 Å². The summed E-state index contributed by atoms with van der Waals surface area (Å²) in [7, 11) is 0. The molecule has 0 spiro atoms. The van der Waals surface area contributed by atoms with E-state index in [-0.39, 0.29) is 17.8 Å². The van der Waals surface area contributed by atoms with Crippen LogP contribution >= 0.6 is 0 Å². The van der Waals surface area contributed by atoms with Gasteiger partial charge in [-0.3, -0.25) is 4.79 Å². The molecular weight excluding hydrogens is 205 g/mol. The van der Waals surface area contributed by atoms with Gasteiger partial charge in [-0.25, -0.2) is 4.39 Å². The van der Waals surface area contributed by atoms with Crippen molar-refractivity contribution >= 4 is 5.91 Å². The van der Waals surface area contributed by atoms with E-state index in [0.29, 0.717) is 11.5 Å². The zero-order valence-electron chi connectivity index (χ0n) is 9.96. The Bertz CT molecular complexity index is 347. The fraction of sp³-hybridized carbons (Fsp3) is 0.462. The Morgan fingerprint density at radius 1 is 1.31 bits per heavy atom. The molecule has 0 aliphatic rings. The Hall–Kier alpha value is -1.38. The van der Waals surface area contributed by atoms with Crippen LogP contribution < -0.4 is 5.32 Å². The van der Waals surface area contributed by atoms with E-state index in [2.05, 4.69) is 19.2 Å². The van der Waals surface area contributed by atoms with Crippen LogP contribution in [0.1, 0.15) is 37.6 Å². The maximum Gasteiger partial charge on any atom is 0.251 e. The first-order valence-electron chi connectivity index (χ1n) is 5.61. The minimum absolute atomic E-state index is 0.127. The van der Waals surface area contributed by atoms with Crippen molar-refractivity contribution in [1.29, 1.82) is 0 Å². The Kier molecular flexibility index (Phi) is 4.47. The number of carbonyl (C=O) groups is 1. The van der Waals surface area contributed by atoms with Crippen molar-refractivity contribution < 1.29 is 9.18 Å². The lowest BCUT2D eigenvalue weighted by molar-refractivity contribution is 0.0928. The number of nitrogens with one attached hydrogen (secondary N) is 1. The van der Waals surface area contributed by atoms with Gasteiger partial charge in [0.15, 0.2) is 0 Å². The maximum atomic E-state index is 12.7. The van der Waals surface area contributed by atoms with Crippen LogP contribution in [0.5, 0.6) is 0 Å². The largest absolute Gasteiger partial charge is 0.349 e. The molecule has 0 aliphatic carbocycles. The lowest BCUT2D eigenvalue weighted by Crippen LogP contribution is -2.36. The molecule has 0 heterocycles. The molecule has 1 aromatic rings. The summed E-state index contributed by atoms with van der Waals surface area (Å²) < 4.78 is 12.7. The van der Waals surface area contributed by atoms with E-state index in [9.17, 15) is 9.18 Å². The second-order valence-corrected chi connectivity index (χ2v) is 4.15. The van der Waals surface area contributed by atoms with E-state index < -0.39 is 0 Å². The van der Waals surface area contributed by atoms with Gasteiger partial charge in [0, 0.05) is 11.6 Å². The Morgan fingerprint density at radius 3 is 2.38 bits per heavy atom. The van der Waals surface area contributed by atoms with Gasteiger partial charge in [0.1, 0.15) is 5.82 Å². The molecule has 1 rings (SSSR count). The zero-order valence-corrected chi connectivity index (χ0v) is 9.96. The summed E-state index contributed by atoms with van der Waals surface area (Å²) in [6.45, 7) is 6.16. The predicted octanol–water partition coefficient (Wildman–Crippen LogP) is 2.99. The fourth-order valence-electron chi connectivity index (χ4n) is 1.39. The molecule has 2 atom stereocenters. The van der Waals surface area contributed by atoms with Gasteiger partial charge in [0.05, 0.1) is 0 Å². The lowest BCUT2D eigenvalue weighted by atomic mass is 10.0. The van der Waals surface area contributed by atoms with Crippen LogP contribution in [0, 0.1) is 11.7 Å². The first-order chi connectivity index (χ1) is 7.54. The molecule has 1 amide bonds. The molecule has 0 saturated carbocycles.